The second-order valence-corrected chi connectivity index (χ2v) is 5.61. The van der Waals surface area contributed by atoms with Crippen molar-refractivity contribution >= 4 is 17.5 Å². The van der Waals surface area contributed by atoms with Gasteiger partial charge >= 0.3 is 0 Å². The molecule has 1 saturated heterocycles. The molecule has 1 aromatic rings. The summed E-state index contributed by atoms with van der Waals surface area (Å²) in [5, 5.41) is 12.2. The molecule has 0 aliphatic carbocycles. The largest absolute Gasteiger partial charge is 0.394 e. The fourth-order valence-electron chi connectivity index (χ4n) is 3.05. The van der Waals surface area contributed by atoms with Crippen molar-refractivity contribution in [1.82, 2.24) is 4.90 Å². The Hall–Kier alpha value is -1.88. The van der Waals surface area contributed by atoms with Crippen LogP contribution in [0, 0.1) is 5.92 Å². The van der Waals surface area contributed by atoms with Crippen molar-refractivity contribution in [2.24, 2.45) is 5.92 Å². The maximum Gasteiger partial charge on any atom is 0.254 e. The molecule has 5 heteroatoms. The van der Waals surface area contributed by atoms with Gasteiger partial charge in [0.1, 0.15) is 0 Å². The molecule has 1 aromatic carbocycles. The molecular weight excluding hydrogens is 256 g/mol. The van der Waals surface area contributed by atoms with Crippen molar-refractivity contribution in [1.29, 1.82) is 0 Å². The Bertz CT molecular complexity index is 570. The lowest BCUT2D eigenvalue weighted by Crippen LogP contribution is -2.39. The standard InChI is InChI=1S/C15H18N2O3/c1-9-4-5-17(13(9)8-18)15(20)11-3-2-10-7-14(19)16-12(10)6-11/h2-3,6,9,13,18H,4-5,7-8H2,1H3,(H,16,19). The molecule has 0 aromatic heterocycles. The van der Waals surface area contributed by atoms with Crippen LogP contribution >= 0.6 is 0 Å². The summed E-state index contributed by atoms with van der Waals surface area (Å²) in [7, 11) is 0. The lowest BCUT2D eigenvalue weighted by atomic mass is 10.0. The van der Waals surface area contributed by atoms with E-state index in [1.807, 2.05) is 6.07 Å². The molecule has 2 atom stereocenters. The SMILES string of the molecule is CC1CCN(C(=O)c2ccc3c(c2)NC(=O)C3)C1CO. The summed E-state index contributed by atoms with van der Waals surface area (Å²) in [6.45, 7) is 2.72. The lowest BCUT2D eigenvalue weighted by molar-refractivity contribution is -0.115. The summed E-state index contributed by atoms with van der Waals surface area (Å²) < 4.78 is 0. The third-order valence-electron chi connectivity index (χ3n) is 4.31. The van der Waals surface area contributed by atoms with Gasteiger partial charge in [-0.25, -0.2) is 0 Å². The molecule has 3 rings (SSSR count). The first-order chi connectivity index (χ1) is 9.60. The van der Waals surface area contributed by atoms with Crippen molar-refractivity contribution in [2.75, 3.05) is 18.5 Å². The average Bonchev–Trinajstić information content (AvgIpc) is 2.98. The van der Waals surface area contributed by atoms with E-state index in [9.17, 15) is 14.7 Å². The van der Waals surface area contributed by atoms with Gasteiger partial charge in [-0.3, -0.25) is 9.59 Å². The molecular formula is C15H18N2O3. The molecule has 2 amide bonds. The molecule has 2 aliphatic heterocycles. The monoisotopic (exact) mass is 274 g/mol. The number of carbonyl (C=O) groups is 2. The van der Waals surface area contributed by atoms with Crippen molar-refractivity contribution < 1.29 is 14.7 Å². The zero-order valence-corrected chi connectivity index (χ0v) is 11.4. The van der Waals surface area contributed by atoms with Crippen LogP contribution in [0.3, 0.4) is 0 Å². The predicted octanol–water partition coefficient (Wildman–Crippen LogP) is 1.02. The summed E-state index contributed by atoms with van der Waals surface area (Å²) >= 11 is 0. The number of fused-ring (bicyclic) bond motifs is 1. The lowest BCUT2D eigenvalue weighted by Gasteiger charge is -2.25. The van der Waals surface area contributed by atoms with Gasteiger partial charge in [0.05, 0.1) is 19.1 Å². The molecule has 2 N–H and O–H groups in total. The second kappa shape index (κ2) is 4.90. The van der Waals surface area contributed by atoms with Crippen LogP contribution in [0.2, 0.25) is 0 Å². The minimum atomic E-state index is -0.106. The predicted molar refractivity (Wildman–Crippen MR) is 74.5 cm³/mol. The highest BCUT2D eigenvalue weighted by atomic mass is 16.3. The number of aliphatic hydroxyl groups excluding tert-OH is 1. The molecule has 2 unspecified atom stereocenters. The number of rotatable bonds is 2. The first-order valence-corrected chi connectivity index (χ1v) is 6.94. The van der Waals surface area contributed by atoms with Gasteiger partial charge in [-0.2, -0.15) is 0 Å². The number of nitrogens with one attached hydrogen (secondary N) is 1. The quantitative estimate of drug-likeness (QED) is 0.846. The van der Waals surface area contributed by atoms with Gasteiger partial charge in [0.2, 0.25) is 5.91 Å². The zero-order valence-electron chi connectivity index (χ0n) is 11.4. The van der Waals surface area contributed by atoms with Gasteiger partial charge in [0.25, 0.3) is 5.91 Å². The van der Waals surface area contributed by atoms with E-state index >= 15 is 0 Å². The van der Waals surface area contributed by atoms with Crippen molar-refractivity contribution in [3.63, 3.8) is 0 Å². The Morgan fingerprint density at radius 1 is 1.50 bits per heavy atom. The van der Waals surface area contributed by atoms with Crippen LogP contribution in [-0.2, 0) is 11.2 Å². The minimum absolute atomic E-state index is 0.00537. The summed E-state index contributed by atoms with van der Waals surface area (Å²) in [6, 6.07) is 5.22. The maximum absolute atomic E-state index is 12.5. The van der Waals surface area contributed by atoms with E-state index in [2.05, 4.69) is 12.2 Å². The first-order valence-electron chi connectivity index (χ1n) is 6.94. The van der Waals surface area contributed by atoms with Crippen LogP contribution < -0.4 is 5.32 Å². The molecule has 0 bridgehead atoms. The molecule has 106 valence electrons. The van der Waals surface area contributed by atoms with Crippen LogP contribution in [0.15, 0.2) is 18.2 Å². The molecule has 2 aliphatic rings. The minimum Gasteiger partial charge on any atom is -0.394 e. The van der Waals surface area contributed by atoms with E-state index in [0.717, 1.165) is 17.7 Å². The van der Waals surface area contributed by atoms with E-state index in [-0.39, 0.29) is 24.5 Å². The first kappa shape index (κ1) is 13.1. The Morgan fingerprint density at radius 3 is 3.05 bits per heavy atom. The Balaban J connectivity index is 1.85. The maximum atomic E-state index is 12.5. The number of aliphatic hydroxyl groups is 1. The highest BCUT2D eigenvalue weighted by molar-refractivity contribution is 6.02. The number of amides is 2. The summed E-state index contributed by atoms with van der Waals surface area (Å²) in [5.74, 6) is 0.211. The second-order valence-electron chi connectivity index (χ2n) is 5.61. The highest BCUT2D eigenvalue weighted by Gasteiger charge is 2.34. The molecule has 2 heterocycles. The number of nitrogens with zero attached hydrogens (tertiary/aromatic N) is 1. The Labute approximate surface area is 117 Å². The van der Waals surface area contributed by atoms with E-state index in [1.54, 1.807) is 17.0 Å². The number of hydrogen-bond acceptors (Lipinski definition) is 3. The highest BCUT2D eigenvalue weighted by Crippen LogP contribution is 2.28. The van der Waals surface area contributed by atoms with E-state index in [0.29, 0.717) is 24.4 Å². The van der Waals surface area contributed by atoms with Gasteiger partial charge in [0.15, 0.2) is 0 Å². The number of likely N-dealkylation sites (tertiary alicyclic amines) is 1. The summed E-state index contributed by atoms with van der Waals surface area (Å²) in [6.07, 6.45) is 1.29. The molecule has 0 spiro atoms. The third kappa shape index (κ3) is 2.08. The number of hydrogen-bond donors (Lipinski definition) is 2. The molecule has 0 radical (unpaired) electrons. The topological polar surface area (TPSA) is 69.6 Å². The normalized spacial score (nSPS) is 24.7. The van der Waals surface area contributed by atoms with Gasteiger partial charge < -0.3 is 15.3 Å². The van der Waals surface area contributed by atoms with Gasteiger partial charge in [-0.1, -0.05) is 13.0 Å². The molecule has 0 saturated carbocycles. The number of anilines is 1. The van der Waals surface area contributed by atoms with Crippen LogP contribution in [-0.4, -0.2) is 41.0 Å². The van der Waals surface area contributed by atoms with E-state index < -0.39 is 0 Å². The third-order valence-corrected chi connectivity index (χ3v) is 4.31. The van der Waals surface area contributed by atoms with Crippen LogP contribution in [0.5, 0.6) is 0 Å². The summed E-state index contributed by atoms with van der Waals surface area (Å²) in [5.41, 5.74) is 2.23. The number of carbonyl (C=O) groups excluding carboxylic acids is 2. The van der Waals surface area contributed by atoms with E-state index in [4.69, 9.17) is 0 Å². The van der Waals surface area contributed by atoms with Crippen molar-refractivity contribution in [2.45, 2.75) is 25.8 Å². The smallest absolute Gasteiger partial charge is 0.254 e. The van der Waals surface area contributed by atoms with Crippen LogP contribution in [0.1, 0.15) is 29.3 Å². The Morgan fingerprint density at radius 2 is 2.30 bits per heavy atom. The fourth-order valence-corrected chi connectivity index (χ4v) is 3.05. The van der Waals surface area contributed by atoms with Gasteiger partial charge in [-0.15, -0.1) is 0 Å². The van der Waals surface area contributed by atoms with Crippen molar-refractivity contribution in [3.05, 3.63) is 29.3 Å². The summed E-state index contributed by atoms with van der Waals surface area (Å²) in [4.78, 5) is 25.6. The van der Waals surface area contributed by atoms with Gasteiger partial charge in [-0.05, 0) is 30.0 Å². The average molecular weight is 274 g/mol. The number of benzene rings is 1. The Kier molecular flexibility index (Phi) is 3.22. The van der Waals surface area contributed by atoms with Crippen LogP contribution in [0.25, 0.3) is 0 Å². The molecule has 20 heavy (non-hydrogen) atoms. The van der Waals surface area contributed by atoms with Gasteiger partial charge in [0, 0.05) is 17.8 Å². The zero-order chi connectivity index (χ0) is 14.3. The van der Waals surface area contributed by atoms with Crippen molar-refractivity contribution in [3.8, 4) is 0 Å². The molecule has 1 fully saturated rings. The van der Waals surface area contributed by atoms with E-state index in [1.165, 1.54) is 0 Å². The molecule has 5 nitrogen and oxygen atoms in total. The fraction of sp³-hybridized carbons (Fsp3) is 0.467. The van der Waals surface area contributed by atoms with Crippen LogP contribution in [0.4, 0.5) is 5.69 Å².